The zero-order valence-electron chi connectivity index (χ0n) is 37.9. The van der Waals surface area contributed by atoms with Gasteiger partial charge in [0.05, 0.1) is 12.7 Å². The Balaban J connectivity index is 1.72. The van der Waals surface area contributed by atoms with Crippen LogP contribution in [0.25, 0.3) is 0 Å². The van der Waals surface area contributed by atoms with E-state index in [0.717, 1.165) is 31.7 Å². The van der Waals surface area contributed by atoms with E-state index in [2.05, 4.69) is 51.5 Å². The largest absolute Gasteiger partial charge is 0.344 e. The molecule has 1 aromatic carbocycles. The average molecular weight is 1010 g/mol. The zero-order valence-corrected chi connectivity index (χ0v) is 39.5. The Morgan fingerprint density at radius 1 is 0.884 bits per heavy atom. The summed E-state index contributed by atoms with van der Waals surface area (Å²) in [7, 11) is -5.06. The number of sulfonamides is 1. The standard InChI is InChI=1S/C42H53F4N11O10S2/c1-5-23(4)32(37(63)51-29(15-24-9-7-6-8-10-24)35(61)50-28(19-31(45)46)33(59)38(64)49-13-14-58)52-39(65)42(20-22(2)3,54-36(62)30-21-47-11-12-48-30)57-69(66,67)41-56-55-40(68-41)53-34(60)25-16-26(43)18-27(44)17-25/h11-12,14,16-18,21-24,28-29,31-32,57H,5-10,13,15,19-20H2,1-4H3,(H,49,64)(H,50,61)(H,51,63)(H,52,65)(H,54,62)(H,53,55,60). The number of rotatable bonds is 25. The first-order valence-electron chi connectivity index (χ1n) is 21.8. The summed E-state index contributed by atoms with van der Waals surface area (Å²) in [4.78, 5) is 114. The molecule has 0 aliphatic heterocycles. The number of benzene rings is 1. The van der Waals surface area contributed by atoms with E-state index in [-0.39, 0.29) is 42.1 Å². The number of Topliss-reactive ketones (excluding diaryl/α,β-unsaturated/α-hetero) is 1. The number of hydrogen-bond acceptors (Lipinski definition) is 15. The van der Waals surface area contributed by atoms with E-state index in [1.807, 2.05) is 5.32 Å². The predicted molar refractivity (Wildman–Crippen MR) is 237 cm³/mol. The van der Waals surface area contributed by atoms with Crippen molar-refractivity contribution in [3.05, 3.63) is 59.7 Å². The van der Waals surface area contributed by atoms with Crippen LogP contribution in [0.4, 0.5) is 22.7 Å². The number of nitrogens with one attached hydrogen (secondary N) is 7. The quantitative estimate of drug-likeness (QED) is 0.0211. The third kappa shape index (κ3) is 16.1. The van der Waals surface area contributed by atoms with Crippen molar-refractivity contribution in [2.24, 2.45) is 17.8 Å². The molecule has 4 rings (SSSR count). The van der Waals surface area contributed by atoms with Crippen LogP contribution >= 0.6 is 11.3 Å². The molecule has 0 saturated heterocycles. The van der Waals surface area contributed by atoms with Crippen molar-refractivity contribution < 1.29 is 64.3 Å². The van der Waals surface area contributed by atoms with Gasteiger partial charge in [0.1, 0.15) is 41.7 Å². The fourth-order valence-corrected chi connectivity index (χ4v) is 9.57. The number of hydrogen-bond donors (Lipinski definition) is 7. The molecule has 6 amide bonds. The summed E-state index contributed by atoms with van der Waals surface area (Å²) in [6.45, 7) is 5.72. The number of alkyl halides is 2. The summed E-state index contributed by atoms with van der Waals surface area (Å²) < 4.78 is 84.8. The zero-order chi connectivity index (χ0) is 51.1. The van der Waals surface area contributed by atoms with E-state index < -0.39 is 139 Å². The summed E-state index contributed by atoms with van der Waals surface area (Å²) in [5.41, 5.74) is -3.55. The monoisotopic (exact) mass is 1010 g/mol. The Kier molecular flexibility index (Phi) is 20.3. The van der Waals surface area contributed by atoms with Crippen molar-refractivity contribution in [3.63, 3.8) is 0 Å². The SMILES string of the molecule is CCC(C)C(NC(=O)C(CC(C)C)(NC(=O)c1cnccn1)NS(=O)(=O)c1nnc(NC(=O)c2cc(F)cc(F)c2)s1)C(=O)NC(CC1CCCCC1)C(=O)NC(CC(F)F)C(=O)C(=O)NCC=O. The first-order chi connectivity index (χ1) is 32.6. The van der Waals surface area contributed by atoms with E-state index in [1.165, 1.54) is 13.1 Å². The van der Waals surface area contributed by atoms with Gasteiger partial charge in [-0.1, -0.05) is 77.6 Å². The summed E-state index contributed by atoms with van der Waals surface area (Å²) in [5, 5.41) is 20.6. The van der Waals surface area contributed by atoms with Gasteiger partial charge in [-0.05, 0) is 42.7 Å². The van der Waals surface area contributed by atoms with E-state index >= 15 is 0 Å². The van der Waals surface area contributed by atoms with Crippen molar-refractivity contribution in [2.75, 3.05) is 11.9 Å². The Morgan fingerprint density at radius 3 is 2.14 bits per heavy atom. The number of nitrogens with zero attached hydrogens (tertiary/aromatic N) is 4. The molecule has 0 spiro atoms. The number of aldehydes is 1. The average Bonchev–Trinajstić information content (AvgIpc) is 3.78. The Labute approximate surface area is 398 Å². The van der Waals surface area contributed by atoms with E-state index in [4.69, 9.17) is 0 Å². The van der Waals surface area contributed by atoms with Crippen LogP contribution in [0.3, 0.4) is 0 Å². The molecule has 5 atom stereocenters. The number of carbonyl (C=O) groups is 8. The van der Waals surface area contributed by atoms with Crippen LogP contribution in [-0.2, 0) is 38.8 Å². The number of amides is 6. The van der Waals surface area contributed by atoms with Gasteiger partial charge in [0.25, 0.3) is 33.7 Å². The van der Waals surface area contributed by atoms with Crippen LogP contribution < -0.4 is 36.6 Å². The molecule has 2 heterocycles. The molecule has 1 aliphatic rings. The molecule has 1 saturated carbocycles. The minimum atomic E-state index is -5.06. The smallest absolute Gasteiger partial charge is 0.289 e. The van der Waals surface area contributed by atoms with Gasteiger partial charge in [-0.3, -0.25) is 43.9 Å². The summed E-state index contributed by atoms with van der Waals surface area (Å²) in [5.74, 6) is -12.3. The van der Waals surface area contributed by atoms with Crippen LogP contribution in [0, 0.1) is 29.4 Å². The van der Waals surface area contributed by atoms with Gasteiger partial charge >= 0.3 is 0 Å². The maximum atomic E-state index is 14.9. The number of ketones is 1. The second kappa shape index (κ2) is 25.3. The summed E-state index contributed by atoms with van der Waals surface area (Å²) >= 11 is 0.263. The number of anilines is 1. The molecule has 69 heavy (non-hydrogen) atoms. The third-order valence-electron chi connectivity index (χ3n) is 10.8. The Bertz CT molecular complexity index is 2430. The minimum Gasteiger partial charge on any atom is -0.344 e. The highest BCUT2D eigenvalue weighted by Gasteiger charge is 2.47. The van der Waals surface area contributed by atoms with Gasteiger partial charge < -0.3 is 31.4 Å². The molecular weight excluding hydrogens is 959 g/mol. The van der Waals surface area contributed by atoms with Crippen molar-refractivity contribution >= 4 is 74.0 Å². The highest BCUT2D eigenvalue weighted by molar-refractivity contribution is 7.91. The maximum Gasteiger partial charge on any atom is 0.289 e. The molecule has 2 aromatic heterocycles. The van der Waals surface area contributed by atoms with Gasteiger partial charge in [-0.2, -0.15) is 4.72 Å². The molecule has 27 heteroatoms. The number of halogens is 4. The lowest BCUT2D eigenvalue weighted by atomic mass is 9.84. The second-order valence-corrected chi connectivity index (χ2v) is 19.5. The fourth-order valence-electron chi connectivity index (χ4n) is 7.37. The van der Waals surface area contributed by atoms with Crippen molar-refractivity contribution in [1.82, 2.24) is 51.5 Å². The lowest BCUT2D eigenvalue weighted by Crippen LogP contribution is -2.71. The first-order valence-corrected chi connectivity index (χ1v) is 24.1. The Hall–Kier alpha value is -6.35. The van der Waals surface area contributed by atoms with Crippen LogP contribution in [0.15, 0.2) is 41.1 Å². The van der Waals surface area contributed by atoms with Crippen molar-refractivity contribution in [2.45, 2.75) is 120 Å². The van der Waals surface area contributed by atoms with Gasteiger partial charge in [-0.25, -0.2) is 31.0 Å². The van der Waals surface area contributed by atoms with E-state index in [1.54, 1.807) is 20.8 Å². The van der Waals surface area contributed by atoms with Crippen LogP contribution in [0.2, 0.25) is 0 Å². The summed E-state index contributed by atoms with van der Waals surface area (Å²) in [6, 6.07) is -3.26. The van der Waals surface area contributed by atoms with Gasteiger partial charge in [0, 0.05) is 30.4 Å². The molecular formula is C42H53F4N11O10S2. The third-order valence-corrected chi connectivity index (χ3v) is 13.5. The highest BCUT2D eigenvalue weighted by atomic mass is 32.2. The van der Waals surface area contributed by atoms with Crippen molar-refractivity contribution in [3.8, 4) is 0 Å². The number of carbonyl (C=O) groups excluding carboxylic acids is 8. The van der Waals surface area contributed by atoms with E-state index in [0.29, 0.717) is 31.0 Å². The number of aromatic nitrogens is 4. The molecule has 1 fully saturated rings. The molecule has 0 bridgehead atoms. The maximum absolute atomic E-state index is 14.9. The molecule has 376 valence electrons. The molecule has 5 unspecified atom stereocenters. The van der Waals surface area contributed by atoms with Crippen LogP contribution in [0.5, 0.6) is 0 Å². The molecule has 3 aromatic rings. The minimum absolute atomic E-state index is 0.0552. The van der Waals surface area contributed by atoms with Crippen LogP contribution in [-0.4, -0.2) is 113 Å². The first kappa shape index (κ1) is 55.2. The predicted octanol–water partition coefficient (Wildman–Crippen LogP) is 2.32. The Morgan fingerprint density at radius 2 is 1.55 bits per heavy atom. The molecule has 0 radical (unpaired) electrons. The molecule has 21 nitrogen and oxygen atoms in total. The van der Waals surface area contributed by atoms with E-state index in [9.17, 15) is 64.3 Å². The normalized spacial score (nSPS) is 15.7. The highest BCUT2D eigenvalue weighted by Crippen LogP contribution is 2.29. The van der Waals surface area contributed by atoms with Gasteiger partial charge in [-0.15, -0.1) is 10.2 Å². The lowest BCUT2D eigenvalue weighted by molar-refractivity contribution is -0.141. The van der Waals surface area contributed by atoms with Gasteiger partial charge in [0.15, 0.2) is 5.66 Å². The van der Waals surface area contributed by atoms with Crippen LogP contribution in [0.1, 0.15) is 106 Å². The topological polar surface area (TPSA) is 306 Å². The second-order valence-electron chi connectivity index (χ2n) is 16.7. The fraction of sp³-hybridized carbons (Fsp3) is 0.524. The van der Waals surface area contributed by atoms with Crippen molar-refractivity contribution in [1.29, 1.82) is 0 Å². The van der Waals surface area contributed by atoms with Gasteiger partial charge in [0.2, 0.25) is 33.5 Å². The molecule has 1 aliphatic carbocycles. The summed E-state index contributed by atoms with van der Waals surface area (Å²) in [6.07, 6.45) is 2.50. The lowest BCUT2D eigenvalue weighted by Gasteiger charge is -2.37. The molecule has 7 N–H and O–H groups in total.